The Kier molecular flexibility index (Phi) is 2.58. The van der Waals surface area contributed by atoms with Crippen LogP contribution in [0, 0.1) is 0 Å². The number of aromatic nitrogens is 2. The zero-order valence-electron chi connectivity index (χ0n) is 9.77. The van der Waals surface area contributed by atoms with Crippen LogP contribution < -0.4 is 5.32 Å². The summed E-state index contributed by atoms with van der Waals surface area (Å²) in [4.78, 5) is 13.0. The molecule has 5 nitrogen and oxygen atoms in total. The van der Waals surface area contributed by atoms with Crippen molar-refractivity contribution in [3.05, 3.63) is 18.0 Å². The molecule has 1 aromatic rings. The van der Waals surface area contributed by atoms with Crippen molar-refractivity contribution in [3.63, 3.8) is 0 Å². The number of fused-ring (bicyclic) bond motifs is 1. The van der Waals surface area contributed by atoms with Crippen molar-refractivity contribution in [2.45, 2.75) is 24.9 Å². The van der Waals surface area contributed by atoms with E-state index in [1.807, 2.05) is 10.7 Å². The number of carbonyl (C=O) groups is 1. The molecule has 0 aromatic carbocycles. The van der Waals surface area contributed by atoms with Crippen LogP contribution in [0.4, 0.5) is 8.78 Å². The van der Waals surface area contributed by atoms with Gasteiger partial charge in [-0.3, -0.25) is 9.48 Å². The van der Waals surface area contributed by atoms with E-state index < -0.39 is 19.0 Å². The van der Waals surface area contributed by atoms with Crippen molar-refractivity contribution in [2.75, 3.05) is 19.6 Å². The van der Waals surface area contributed by atoms with Gasteiger partial charge in [0.05, 0.1) is 31.2 Å². The first-order valence-electron chi connectivity index (χ1n) is 5.94. The van der Waals surface area contributed by atoms with Gasteiger partial charge in [-0.15, -0.1) is 0 Å². The third kappa shape index (κ3) is 1.98. The molecule has 7 heteroatoms. The summed E-state index contributed by atoms with van der Waals surface area (Å²) < 4.78 is 27.2. The van der Waals surface area contributed by atoms with E-state index in [4.69, 9.17) is 0 Å². The lowest BCUT2D eigenvalue weighted by Gasteiger charge is -2.39. The number of nitrogens with zero attached hydrogens (tertiary/aromatic N) is 3. The van der Waals surface area contributed by atoms with E-state index in [2.05, 4.69) is 10.4 Å². The summed E-state index contributed by atoms with van der Waals surface area (Å²) in [5.41, 5.74) is 1.02. The Morgan fingerprint density at radius 2 is 2.33 bits per heavy atom. The van der Waals surface area contributed by atoms with Gasteiger partial charge in [-0.05, 0) is 6.07 Å². The number of rotatable bonds is 2. The maximum Gasteiger partial charge on any atom is 0.282 e. The van der Waals surface area contributed by atoms with Crippen molar-refractivity contribution in [1.29, 1.82) is 0 Å². The van der Waals surface area contributed by atoms with Crippen molar-refractivity contribution in [3.8, 4) is 0 Å². The van der Waals surface area contributed by atoms with Crippen LogP contribution in [0.5, 0.6) is 0 Å². The Balaban J connectivity index is 1.63. The van der Waals surface area contributed by atoms with Gasteiger partial charge in [-0.25, -0.2) is 8.78 Å². The second-order valence-corrected chi connectivity index (χ2v) is 4.86. The highest BCUT2D eigenvalue weighted by Gasteiger charge is 2.46. The van der Waals surface area contributed by atoms with Gasteiger partial charge in [-0.2, -0.15) is 5.10 Å². The predicted molar refractivity (Wildman–Crippen MR) is 59.1 cm³/mol. The number of alkyl halides is 2. The number of likely N-dealkylation sites (tertiary alicyclic amines) is 1. The van der Waals surface area contributed by atoms with Crippen LogP contribution in [0.15, 0.2) is 12.3 Å². The maximum absolute atomic E-state index is 12.7. The first-order chi connectivity index (χ1) is 8.55. The van der Waals surface area contributed by atoms with E-state index in [0.29, 0.717) is 6.54 Å². The molecule has 98 valence electrons. The topological polar surface area (TPSA) is 50.2 Å². The van der Waals surface area contributed by atoms with E-state index in [1.165, 1.54) is 4.90 Å². The predicted octanol–water partition coefficient (Wildman–Crippen LogP) is 0.395. The van der Waals surface area contributed by atoms with Crippen LogP contribution in [0.1, 0.15) is 18.2 Å². The number of carbonyl (C=O) groups excluding carboxylic acids is 1. The van der Waals surface area contributed by atoms with Crippen molar-refractivity contribution in [1.82, 2.24) is 20.0 Å². The van der Waals surface area contributed by atoms with E-state index in [0.717, 1.165) is 12.2 Å². The van der Waals surface area contributed by atoms with Gasteiger partial charge >= 0.3 is 0 Å². The molecule has 1 fully saturated rings. The molecule has 0 aliphatic carbocycles. The third-order valence-electron chi connectivity index (χ3n) is 3.39. The molecule has 0 radical (unpaired) electrons. The maximum atomic E-state index is 12.7. The van der Waals surface area contributed by atoms with Gasteiger partial charge in [0.1, 0.15) is 0 Å². The molecule has 0 spiro atoms. The Morgan fingerprint density at radius 1 is 1.56 bits per heavy atom. The number of nitrogens with one attached hydrogen (secondary N) is 1. The zero-order valence-corrected chi connectivity index (χ0v) is 9.77. The Bertz CT molecular complexity index is 465. The normalized spacial score (nSPS) is 25.4. The zero-order chi connectivity index (χ0) is 12.8. The van der Waals surface area contributed by atoms with Crippen LogP contribution in [0.3, 0.4) is 0 Å². The minimum absolute atomic E-state index is 0.0783. The second kappa shape index (κ2) is 4.01. The molecule has 1 N–H and O–H groups in total. The minimum atomic E-state index is -2.70. The Hall–Kier alpha value is -1.50. The van der Waals surface area contributed by atoms with E-state index in [9.17, 15) is 13.6 Å². The quantitative estimate of drug-likeness (QED) is 0.833. The molecule has 2 aliphatic rings. The van der Waals surface area contributed by atoms with Crippen LogP contribution >= 0.6 is 0 Å². The minimum Gasteiger partial charge on any atom is -0.330 e. The van der Waals surface area contributed by atoms with Crippen LogP contribution in [0.25, 0.3) is 0 Å². The summed E-state index contributed by atoms with van der Waals surface area (Å²) in [6, 6.07) is 1.81. The molecular weight excluding hydrogens is 242 g/mol. The molecule has 3 heterocycles. The van der Waals surface area contributed by atoms with Gasteiger partial charge in [0.25, 0.3) is 5.92 Å². The molecule has 0 saturated carbocycles. The van der Waals surface area contributed by atoms with Gasteiger partial charge in [0.2, 0.25) is 5.91 Å². The van der Waals surface area contributed by atoms with Gasteiger partial charge in [-0.1, -0.05) is 0 Å². The first kappa shape index (κ1) is 11.6. The van der Waals surface area contributed by atoms with Gasteiger partial charge in [0, 0.05) is 19.3 Å². The first-order valence-corrected chi connectivity index (χ1v) is 5.94. The Morgan fingerprint density at radius 3 is 3.06 bits per heavy atom. The van der Waals surface area contributed by atoms with Crippen LogP contribution in [-0.4, -0.2) is 46.1 Å². The average Bonchev–Trinajstić information content (AvgIpc) is 2.74. The molecule has 1 saturated heterocycles. The lowest BCUT2D eigenvalue weighted by molar-refractivity contribution is -0.166. The highest BCUT2D eigenvalue weighted by atomic mass is 19.3. The number of amides is 1. The summed E-state index contributed by atoms with van der Waals surface area (Å²) in [5.74, 6) is -2.92. The lowest BCUT2D eigenvalue weighted by Crippen LogP contribution is -2.58. The fourth-order valence-electron chi connectivity index (χ4n) is 2.44. The number of halogens is 2. The standard InChI is InChI=1S/C11H14F2N4O/c12-11(13)6-16(7-11)10(18)3-9-5-14-4-8-1-2-15-17(8)9/h1-2,9,14H,3-7H2/t9-/m0/s1. The molecule has 18 heavy (non-hydrogen) atoms. The molecule has 3 rings (SSSR count). The van der Waals surface area contributed by atoms with Crippen molar-refractivity contribution >= 4 is 5.91 Å². The average molecular weight is 256 g/mol. The fraction of sp³-hybridized carbons (Fsp3) is 0.636. The third-order valence-corrected chi connectivity index (χ3v) is 3.39. The summed E-state index contributed by atoms with van der Waals surface area (Å²) in [7, 11) is 0. The molecule has 0 unspecified atom stereocenters. The molecule has 2 aliphatic heterocycles. The van der Waals surface area contributed by atoms with Gasteiger partial charge < -0.3 is 10.2 Å². The molecule has 1 atom stereocenters. The summed E-state index contributed by atoms with van der Waals surface area (Å²) in [6.45, 7) is 0.479. The molecule has 1 amide bonds. The largest absolute Gasteiger partial charge is 0.330 e. The molecule has 1 aromatic heterocycles. The summed E-state index contributed by atoms with van der Waals surface area (Å²) in [6.07, 6.45) is 1.91. The number of hydrogen-bond donors (Lipinski definition) is 1. The monoisotopic (exact) mass is 256 g/mol. The summed E-state index contributed by atoms with van der Waals surface area (Å²) in [5, 5.41) is 7.37. The number of hydrogen-bond acceptors (Lipinski definition) is 3. The highest BCUT2D eigenvalue weighted by Crippen LogP contribution is 2.28. The Labute approximate surface area is 103 Å². The van der Waals surface area contributed by atoms with Crippen LogP contribution in [-0.2, 0) is 11.3 Å². The van der Waals surface area contributed by atoms with E-state index in [1.54, 1.807) is 6.20 Å². The molecule has 0 bridgehead atoms. The van der Waals surface area contributed by atoms with Gasteiger partial charge in [0.15, 0.2) is 0 Å². The fourth-order valence-corrected chi connectivity index (χ4v) is 2.44. The SMILES string of the molecule is O=C(C[C@H]1CNCc2ccnn21)N1CC(F)(F)C1. The second-order valence-electron chi connectivity index (χ2n) is 4.86. The highest BCUT2D eigenvalue weighted by molar-refractivity contribution is 5.77. The summed E-state index contributed by atoms with van der Waals surface area (Å²) >= 11 is 0. The smallest absolute Gasteiger partial charge is 0.282 e. The van der Waals surface area contributed by atoms with Crippen molar-refractivity contribution < 1.29 is 13.6 Å². The van der Waals surface area contributed by atoms with E-state index >= 15 is 0 Å². The van der Waals surface area contributed by atoms with Crippen molar-refractivity contribution in [2.24, 2.45) is 0 Å². The van der Waals surface area contributed by atoms with Crippen LogP contribution in [0.2, 0.25) is 0 Å². The lowest BCUT2D eigenvalue weighted by atomic mass is 10.1. The van der Waals surface area contributed by atoms with E-state index in [-0.39, 0.29) is 18.4 Å². The molecular formula is C11H14F2N4O.